The molecule has 146 valence electrons. The lowest BCUT2D eigenvalue weighted by atomic mass is 10.0. The van der Waals surface area contributed by atoms with E-state index in [1.165, 1.54) is 9.80 Å². The number of halogens is 1. The fraction of sp³-hybridized carbons (Fsp3) is 0.286. The number of aryl methyl sites for hydroxylation is 2. The fourth-order valence-electron chi connectivity index (χ4n) is 3.10. The normalized spacial score (nSPS) is 13.4. The first-order valence-corrected chi connectivity index (χ1v) is 9.34. The summed E-state index contributed by atoms with van der Waals surface area (Å²) in [6.07, 6.45) is 0. The molecule has 2 amide bonds. The molecule has 0 bridgehead atoms. The van der Waals surface area contributed by atoms with Crippen molar-refractivity contribution in [2.24, 2.45) is 0 Å². The highest BCUT2D eigenvalue weighted by molar-refractivity contribution is 6.30. The summed E-state index contributed by atoms with van der Waals surface area (Å²) in [5.41, 5.74) is 3.49. The first-order valence-electron chi connectivity index (χ1n) is 8.96. The average molecular weight is 401 g/mol. The largest absolute Gasteiger partial charge is 0.465 e. The predicted octanol–water partition coefficient (Wildman–Crippen LogP) is 3.51. The number of nitrogens with zero attached hydrogens (tertiary/aromatic N) is 2. The summed E-state index contributed by atoms with van der Waals surface area (Å²) in [5.74, 6) is -1.13. The van der Waals surface area contributed by atoms with Gasteiger partial charge in [0.15, 0.2) is 0 Å². The maximum atomic E-state index is 13.1. The molecule has 28 heavy (non-hydrogen) atoms. The van der Waals surface area contributed by atoms with Crippen molar-refractivity contribution in [3.8, 4) is 0 Å². The molecule has 7 heteroatoms. The Morgan fingerprint density at radius 1 is 1.07 bits per heavy atom. The van der Waals surface area contributed by atoms with Crippen molar-refractivity contribution in [2.45, 2.75) is 20.8 Å². The van der Waals surface area contributed by atoms with Gasteiger partial charge in [0.1, 0.15) is 13.1 Å². The summed E-state index contributed by atoms with van der Waals surface area (Å²) in [4.78, 5) is 40.7. The van der Waals surface area contributed by atoms with Gasteiger partial charge in [0.25, 0.3) is 5.91 Å². The third kappa shape index (κ3) is 3.87. The number of rotatable bonds is 4. The van der Waals surface area contributed by atoms with Crippen LogP contribution in [0.3, 0.4) is 0 Å². The van der Waals surface area contributed by atoms with Gasteiger partial charge in [-0.15, -0.1) is 0 Å². The Morgan fingerprint density at radius 2 is 1.68 bits per heavy atom. The highest BCUT2D eigenvalue weighted by atomic mass is 35.5. The van der Waals surface area contributed by atoms with Crippen LogP contribution in [0.25, 0.3) is 0 Å². The minimum Gasteiger partial charge on any atom is -0.465 e. The van der Waals surface area contributed by atoms with E-state index in [2.05, 4.69) is 0 Å². The number of anilines is 2. The molecule has 0 fully saturated rings. The van der Waals surface area contributed by atoms with Crippen molar-refractivity contribution in [3.63, 3.8) is 0 Å². The van der Waals surface area contributed by atoms with Crippen molar-refractivity contribution in [2.75, 3.05) is 29.5 Å². The Labute approximate surface area is 168 Å². The fourth-order valence-corrected chi connectivity index (χ4v) is 3.22. The van der Waals surface area contributed by atoms with Crippen LogP contribution >= 0.6 is 11.6 Å². The number of amides is 2. The zero-order chi connectivity index (χ0) is 20.4. The zero-order valence-electron chi connectivity index (χ0n) is 16.0. The molecule has 2 aromatic carbocycles. The molecule has 0 aliphatic carbocycles. The number of carbonyl (C=O) groups is 3. The summed E-state index contributed by atoms with van der Waals surface area (Å²) in [5, 5.41) is 0.527. The summed E-state index contributed by atoms with van der Waals surface area (Å²) in [6.45, 7) is 5.46. The van der Waals surface area contributed by atoms with Gasteiger partial charge in [-0.05, 0) is 68.3 Å². The van der Waals surface area contributed by atoms with E-state index in [9.17, 15) is 14.4 Å². The van der Waals surface area contributed by atoms with Crippen molar-refractivity contribution in [3.05, 3.63) is 58.1 Å². The number of hydrogen-bond acceptors (Lipinski definition) is 4. The van der Waals surface area contributed by atoms with Crippen LogP contribution in [0.1, 0.15) is 28.4 Å². The molecule has 0 unspecified atom stereocenters. The van der Waals surface area contributed by atoms with Crippen LogP contribution < -0.4 is 9.80 Å². The molecule has 1 aliphatic rings. The van der Waals surface area contributed by atoms with Crippen LogP contribution in [-0.2, 0) is 14.3 Å². The van der Waals surface area contributed by atoms with Crippen molar-refractivity contribution in [1.82, 2.24) is 0 Å². The van der Waals surface area contributed by atoms with Gasteiger partial charge < -0.3 is 4.74 Å². The Bertz CT molecular complexity index is 940. The standard InChI is InChI=1S/C21H21ClN2O4/c1-4-28-20(26)12-23-17-9-13(2)14(3)10-18(17)24(11-19(23)25)21(27)15-5-7-16(22)8-6-15/h5-10H,4,11-12H2,1-3H3. The second kappa shape index (κ2) is 8.02. The minimum absolute atomic E-state index is 0.156. The van der Waals surface area contributed by atoms with Crippen LogP contribution in [0, 0.1) is 13.8 Å². The molecule has 1 aliphatic heterocycles. The van der Waals surface area contributed by atoms with E-state index >= 15 is 0 Å². The topological polar surface area (TPSA) is 66.9 Å². The molecular formula is C21H21ClN2O4. The lowest BCUT2D eigenvalue weighted by Crippen LogP contribution is -2.50. The van der Waals surface area contributed by atoms with Crippen LogP contribution in [0.2, 0.25) is 5.02 Å². The molecule has 0 saturated heterocycles. The van der Waals surface area contributed by atoms with Gasteiger partial charge in [0.2, 0.25) is 5.91 Å². The minimum atomic E-state index is -0.488. The van der Waals surface area contributed by atoms with Gasteiger partial charge in [0.05, 0.1) is 18.0 Å². The third-order valence-corrected chi connectivity index (χ3v) is 4.95. The monoisotopic (exact) mass is 400 g/mol. The maximum Gasteiger partial charge on any atom is 0.326 e. The van der Waals surface area contributed by atoms with Crippen molar-refractivity contribution < 1.29 is 19.1 Å². The van der Waals surface area contributed by atoms with Gasteiger partial charge in [-0.1, -0.05) is 11.6 Å². The van der Waals surface area contributed by atoms with E-state index in [4.69, 9.17) is 16.3 Å². The van der Waals surface area contributed by atoms with E-state index in [0.717, 1.165) is 11.1 Å². The van der Waals surface area contributed by atoms with Gasteiger partial charge in [-0.3, -0.25) is 24.2 Å². The molecule has 0 spiro atoms. The summed E-state index contributed by atoms with van der Waals surface area (Å²) in [6, 6.07) is 10.2. The maximum absolute atomic E-state index is 13.1. The Morgan fingerprint density at radius 3 is 2.29 bits per heavy atom. The molecule has 1 heterocycles. The summed E-state index contributed by atoms with van der Waals surface area (Å²) >= 11 is 5.91. The number of ether oxygens (including phenoxy) is 1. The van der Waals surface area contributed by atoms with Crippen LogP contribution in [-0.4, -0.2) is 37.5 Å². The number of fused-ring (bicyclic) bond motifs is 1. The third-order valence-electron chi connectivity index (χ3n) is 4.70. The molecule has 0 aromatic heterocycles. The first kappa shape index (κ1) is 19.9. The number of carbonyl (C=O) groups excluding carboxylic acids is 3. The van der Waals surface area contributed by atoms with Crippen molar-refractivity contribution >= 4 is 40.8 Å². The van der Waals surface area contributed by atoms with Gasteiger partial charge in [-0.25, -0.2) is 0 Å². The van der Waals surface area contributed by atoms with Gasteiger partial charge in [-0.2, -0.15) is 0 Å². The Balaban J connectivity index is 2.03. The smallest absolute Gasteiger partial charge is 0.326 e. The van der Waals surface area contributed by atoms with Crippen molar-refractivity contribution in [1.29, 1.82) is 0 Å². The molecule has 0 atom stereocenters. The second-order valence-corrected chi connectivity index (χ2v) is 7.04. The van der Waals surface area contributed by atoms with E-state index in [1.54, 1.807) is 31.2 Å². The van der Waals surface area contributed by atoms with Crippen LogP contribution in [0.5, 0.6) is 0 Å². The van der Waals surface area contributed by atoms with Gasteiger partial charge >= 0.3 is 5.97 Å². The second-order valence-electron chi connectivity index (χ2n) is 6.61. The number of esters is 1. The van der Waals surface area contributed by atoms with Crippen LogP contribution in [0.15, 0.2) is 36.4 Å². The lowest BCUT2D eigenvalue weighted by molar-refractivity contribution is -0.142. The highest BCUT2D eigenvalue weighted by Crippen LogP contribution is 2.37. The molecule has 2 aromatic rings. The van der Waals surface area contributed by atoms with Crippen LogP contribution in [0.4, 0.5) is 11.4 Å². The summed E-state index contributed by atoms with van der Waals surface area (Å²) < 4.78 is 4.99. The SMILES string of the molecule is CCOC(=O)CN1C(=O)CN(C(=O)c2ccc(Cl)cc2)c2cc(C)c(C)cc21. The summed E-state index contributed by atoms with van der Waals surface area (Å²) in [7, 11) is 0. The zero-order valence-corrected chi connectivity index (χ0v) is 16.7. The first-order chi connectivity index (χ1) is 13.3. The van der Waals surface area contributed by atoms with E-state index in [1.807, 2.05) is 26.0 Å². The van der Waals surface area contributed by atoms with E-state index in [0.29, 0.717) is 22.0 Å². The molecule has 6 nitrogen and oxygen atoms in total. The lowest BCUT2D eigenvalue weighted by Gasteiger charge is -2.36. The molecule has 0 saturated carbocycles. The Kier molecular flexibility index (Phi) is 5.70. The highest BCUT2D eigenvalue weighted by Gasteiger charge is 2.34. The molecule has 3 rings (SSSR count). The molecule has 0 N–H and O–H groups in total. The predicted molar refractivity (Wildman–Crippen MR) is 108 cm³/mol. The molecule has 0 radical (unpaired) electrons. The van der Waals surface area contributed by atoms with E-state index in [-0.39, 0.29) is 31.5 Å². The number of benzene rings is 2. The molecular weight excluding hydrogens is 380 g/mol. The van der Waals surface area contributed by atoms with Gasteiger partial charge in [0, 0.05) is 10.6 Å². The quantitative estimate of drug-likeness (QED) is 0.736. The Hall–Kier alpha value is -2.86. The number of hydrogen-bond donors (Lipinski definition) is 0. The van der Waals surface area contributed by atoms with E-state index < -0.39 is 5.97 Å². The average Bonchev–Trinajstić information content (AvgIpc) is 2.65.